The summed E-state index contributed by atoms with van der Waals surface area (Å²) in [7, 11) is 1.34. The van der Waals surface area contributed by atoms with Crippen molar-refractivity contribution in [3.63, 3.8) is 0 Å². The third-order valence-electron chi connectivity index (χ3n) is 3.65. The molecule has 0 spiro atoms. The highest BCUT2D eigenvalue weighted by Gasteiger charge is 2.19. The SMILES string of the molecule is CCOc1ccc(NC(=O)C(=O)Nc2cc([N+](=O)[O-])ccc2OC)cc1OCC. The van der Waals surface area contributed by atoms with E-state index in [1.807, 2.05) is 6.92 Å². The molecule has 10 heteroatoms. The molecule has 10 nitrogen and oxygen atoms in total. The second-order valence-corrected chi connectivity index (χ2v) is 5.58. The van der Waals surface area contributed by atoms with Crippen molar-refractivity contribution in [1.82, 2.24) is 0 Å². The maximum atomic E-state index is 12.2. The van der Waals surface area contributed by atoms with Gasteiger partial charge in [0.25, 0.3) is 5.69 Å². The fourth-order valence-electron chi connectivity index (χ4n) is 2.40. The highest BCUT2D eigenvalue weighted by Crippen LogP contribution is 2.31. The fourth-order valence-corrected chi connectivity index (χ4v) is 2.40. The van der Waals surface area contributed by atoms with Crippen LogP contribution in [0.1, 0.15) is 13.8 Å². The van der Waals surface area contributed by atoms with Crippen molar-refractivity contribution in [3.05, 3.63) is 46.5 Å². The van der Waals surface area contributed by atoms with Crippen molar-refractivity contribution < 1.29 is 28.7 Å². The molecule has 2 rings (SSSR count). The van der Waals surface area contributed by atoms with Crippen LogP contribution in [0, 0.1) is 10.1 Å². The largest absolute Gasteiger partial charge is 0.495 e. The van der Waals surface area contributed by atoms with E-state index in [1.54, 1.807) is 19.1 Å². The Balaban J connectivity index is 2.15. The number of amides is 2. The van der Waals surface area contributed by atoms with Crippen molar-refractivity contribution >= 4 is 28.9 Å². The van der Waals surface area contributed by atoms with Crippen LogP contribution in [-0.4, -0.2) is 37.1 Å². The van der Waals surface area contributed by atoms with Crippen LogP contribution in [0.3, 0.4) is 0 Å². The Bertz CT molecular complexity index is 915. The molecule has 0 fully saturated rings. The van der Waals surface area contributed by atoms with E-state index < -0.39 is 16.7 Å². The van der Waals surface area contributed by atoms with Crippen LogP contribution in [0.4, 0.5) is 17.1 Å². The molecule has 0 atom stereocenters. The van der Waals surface area contributed by atoms with E-state index in [-0.39, 0.29) is 17.1 Å². The number of methoxy groups -OCH3 is 1. The number of ether oxygens (including phenoxy) is 3. The molecule has 0 saturated carbocycles. The van der Waals surface area contributed by atoms with Crippen molar-refractivity contribution in [2.45, 2.75) is 13.8 Å². The number of nitrogens with zero attached hydrogens (tertiary/aromatic N) is 1. The summed E-state index contributed by atoms with van der Waals surface area (Å²) >= 11 is 0. The van der Waals surface area contributed by atoms with Gasteiger partial charge in [-0.05, 0) is 32.0 Å². The third-order valence-corrected chi connectivity index (χ3v) is 3.65. The Morgan fingerprint density at radius 2 is 1.55 bits per heavy atom. The number of carbonyl (C=O) groups excluding carboxylic acids is 2. The average molecular weight is 403 g/mol. The number of rotatable bonds is 8. The van der Waals surface area contributed by atoms with Gasteiger partial charge < -0.3 is 24.8 Å². The number of nitro benzene ring substituents is 1. The van der Waals surface area contributed by atoms with E-state index in [1.165, 1.54) is 25.3 Å². The van der Waals surface area contributed by atoms with Crippen LogP contribution < -0.4 is 24.8 Å². The number of nitrogens with one attached hydrogen (secondary N) is 2. The van der Waals surface area contributed by atoms with Gasteiger partial charge in [-0.1, -0.05) is 0 Å². The van der Waals surface area contributed by atoms with Gasteiger partial charge in [-0.2, -0.15) is 0 Å². The summed E-state index contributed by atoms with van der Waals surface area (Å²) in [6.07, 6.45) is 0. The molecule has 29 heavy (non-hydrogen) atoms. The van der Waals surface area contributed by atoms with Crippen LogP contribution >= 0.6 is 0 Å². The third kappa shape index (κ3) is 5.58. The highest BCUT2D eigenvalue weighted by atomic mass is 16.6. The zero-order chi connectivity index (χ0) is 21.4. The molecular weight excluding hydrogens is 382 g/mol. The quantitative estimate of drug-likeness (QED) is 0.394. The standard InChI is InChI=1S/C19H21N3O7/c1-4-28-16-8-6-12(10-17(16)29-5-2)20-18(23)19(24)21-14-11-13(22(25)26)7-9-15(14)27-3/h6-11H,4-5H2,1-3H3,(H,20,23)(H,21,24). The van der Waals surface area contributed by atoms with E-state index in [9.17, 15) is 19.7 Å². The van der Waals surface area contributed by atoms with Gasteiger partial charge >= 0.3 is 11.8 Å². The van der Waals surface area contributed by atoms with Gasteiger partial charge in [0.05, 0.1) is 30.9 Å². The average Bonchev–Trinajstić information content (AvgIpc) is 2.70. The highest BCUT2D eigenvalue weighted by molar-refractivity contribution is 6.43. The Morgan fingerprint density at radius 1 is 0.931 bits per heavy atom. The molecule has 0 bridgehead atoms. The number of non-ortho nitro benzene ring substituents is 1. The zero-order valence-corrected chi connectivity index (χ0v) is 16.2. The molecule has 2 N–H and O–H groups in total. The Labute approximate surface area is 166 Å². The first-order valence-corrected chi connectivity index (χ1v) is 8.74. The minimum absolute atomic E-state index is 0.00329. The van der Waals surface area contributed by atoms with Gasteiger partial charge in [0.15, 0.2) is 11.5 Å². The lowest BCUT2D eigenvalue weighted by molar-refractivity contribution is -0.384. The summed E-state index contributed by atoms with van der Waals surface area (Å²) in [5.41, 5.74) is 0.0704. The van der Waals surface area contributed by atoms with E-state index >= 15 is 0 Å². The van der Waals surface area contributed by atoms with Crippen LogP contribution in [-0.2, 0) is 9.59 Å². The Hall–Kier alpha value is -3.82. The smallest absolute Gasteiger partial charge is 0.314 e. The molecule has 154 valence electrons. The molecule has 0 unspecified atom stereocenters. The first-order chi connectivity index (χ1) is 13.9. The molecule has 0 saturated heterocycles. The topological polar surface area (TPSA) is 129 Å². The molecule has 0 radical (unpaired) electrons. The summed E-state index contributed by atoms with van der Waals surface area (Å²) in [5, 5.41) is 15.7. The molecule has 0 aliphatic carbocycles. The lowest BCUT2D eigenvalue weighted by atomic mass is 10.2. The van der Waals surface area contributed by atoms with E-state index in [0.29, 0.717) is 30.4 Å². The van der Waals surface area contributed by atoms with Gasteiger partial charge in [-0.15, -0.1) is 0 Å². The monoisotopic (exact) mass is 403 g/mol. The van der Waals surface area contributed by atoms with Crippen molar-refractivity contribution in [2.75, 3.05) is 31.0 Å². The molecule has 2 aromatic carbocycles. The fraction of sp³-hybridized carbons (Fsp3) is 0.263. The van der Waals surface area contributed by atoms with E-state index in [2.05, 4.69) is 10.6 Å². The maximum Gasteiger partial charge on any atom is 0.314 e. The molecule has 2 amide bonds. The first kappa shape index (κ1) is 21.5. The number of carbonyl (C=O) groups is 2. The summed E-state index contributed by atoms with van der Waals surface area (Å²) < 4.78 is 16.0. The minimum atomic E-state index is -1.02. The Morgan fingerprint density at radius 3 is 2.17 bits per heavy atom. The molecule has 0 aliphatic rings. The predicted octanol–water partition coefficient (Wildman–Crippen LogP) is 2.98. The van der Waals surface area contributed by atoms with Crippen LogP contribution in [0.25, 0.3) is 0 Å². The van der Waals surface area contributed by atoms with E-state index in [4.69, 9.17) is 14.2 Å². The second-order valence-electron chi connectivity index (χ2n) is 5.58. The summed E-state index contributed by atoms with van der Waals surface area (Å²) in [6.45, 7) is 4.47. The molecule has 2 aromatic rings. The summed E-state index contributed by atoms with van der Waals surface area (Å²) in [6, 6.07) is 8.37. The second kappa shape index (κ2) is 9.93. The summed E-state index contributed by atoms with van der Waals surface area (Å²) in [5.74, 6) is -0.872. The maximum absolute atomic E-state index is 12.2. The van der Waals surface area contributed by atoms with E-state index in [0.717, 1.165) is 6.07 Å². The first-order valence-electron chi connectivity index (χ1n) is 8.74. The van der Waals surface area contributed by atoms with Crippen molar-refractivity contribution in [2.24, 2.45) is 0 Å². The number of hydrogen-bond acceptors (Lipinski definition) is 7. The molecule has 0 aliphatic heterocycles. The van der Waals surface area contributed by atoms with Crippen molar-refractivity contribution in [1.29, 1.82) is 0 Å². The summed E-state index contributed by atoms with van der Waals surface area (Å²) in [4.78, 5) is 34.8. The van der Waals surface area contributed by atoms with Crippen molar-refractivity contribution in [3.8, 4) is 17.2 Å². The lowest BCUT2D eigenvalue weighted by Crippen LogP contribution is -2.29. The molecule has 0 aromatic heterocycles. The normalized spacial score (nSPS) is 10.0. The number of hydrogen-bond donors (Lipinski definition) is 2. The van der Waals surface area contributed by atoms with Gasteiger partial charge in [-0.25, -0.2) is 0 Å². The Kier molecular flexibility index (Phi) is 7.35. The molecule has 0 heterocycles. The van der Waals surface area contributed by atoms with Gasteiger partial charge in [0.1, 0.15) is 5.75 Å². The van der Waals surface area contributed by atoms with Gasteiger partial charge in [0, 0.05) is 23.9 Å². The zero-order valence-electron chi connectivity index (χ0n) is 16.2. The minimum Gasteiger partial charge on any atom is -0.495 e. The number of benzene rings is 2. The van der Waals surface area contributed by atoms with Gasteiger partial charge in [-0.3, -0.25) is 19.7 Å². The predicted molar refractivity (Wildman–Crippen MR) is 106 cm³/mol. The van der Waals surface area contributed by atoms with Crippen LogP contribution in [0.5, 0.6) is 17.2 Å². The van der Waals surface area contributed by atoms with Gasteiger partial charge in [0.2, 0.25) is 0 Å². The number of anilines is 2. The van der Waals surface area contributed by atoms with Crippen LogP contribution in [0.2, 0.25) is 0 Å². The lowest BCUT2D eigenvalue weighted by Gasteiger charge is -2.13. The molecular formula is C19H21N3O7. The number of nitro groups is 1. The van der Waals surface area contributed by atoms with Crippen LogP contribution in [0.15, 0.2) is 36.4 Å².